The molecule has 4 rings (SSSR count). The Morgan fingerprint density at radius 1 is 0.879 bits per heavy atom. The Bertz CT molecular complexity index is 1660. The van der Waals surface area contributed by atoms with Gasteiger partial charge in [-0.2, -0.15) is 22.8 Å². The van der Waals surface area contributed by atoms with Gasteiger partial charge in [-0.05, 0) is 92.9 Å². The summed E-state index contributed by atoms with van der Waals surface area (Å²) in [5.41, 5.74) is -1.98. The lowest BCUT2D eigenvalue weighted by molar-refractivity contribution is -0.172. The number of nitrogens with zero attached hydrogens (tertiary/aromatic N) is 6. The van der Waals surface area contributed by atoms with Crippen molar-refractivity contribution in [2.45, 2.75) is 200 Å². The number of guanidine groups is 1. The van der Waals surface area contributed by atoms with Crippen LogP contribution in [-0.4, -0.2) is 99.7 Å². The van der Waals surface area contributed by atoms with Gasteiger partial charge in [-0.25, -0.2) is 14.4 Å². The van der Waals surface area contributed by atoms with Gasteiger partial charge < -0.3 is 19.7 Å². The molecule has 1 aromatic rings. The maximum atomic E-state index is 13.8. The number of ether oxygens (including phenoxy) is 2. The fourth-order valence-electron chi connectivity index (χ4n) is 7.64. The van der Waals surface area contributed by atoms with Crippen molar-refractivity contribution in [1.29, 1.82) is 0 Å². The highest BCUT2D eigenvalue weighted by molar-refractivity contribution is 7.81. The molecule has 0 aromatic carbocycles. The summed E-state index contributed by atoms with van der Waals surface area (Å²) in [6, 6.07) is -1.52. The Kier molecular flexibility index (Phi) is 16.7. The van der Waals surface area contributed by atoms with Gasteiger partial charge >= 0.3 is 28.6 Å². The Morgan fingerprint density at radius 2 is 1.50 bits per heavy atom. The molecular formula is C39H68N8O9S2. The number of carbonyl (C=O) groups is 3. The van der Waals surface area contributed by atoms with Gasteiger partial charge in [-0.1, -0.05) is 77.6 Å². The molecule has 1 aliphatic carbocycles. The van der Waals surface area contributed by atoms with E-state index in [0.717, 1.165) is 74.3 Å². The van der Waals surface area contributed by atoms with Crippen molar-refractivity contribution >= 4 is 45.9 Å². The minimum absolute atomic E-state index is 0.0472. The zero-order valence-electron chi connectivity index (χ0n) is 36.3. The first-order chi connectivity index (χ1) is 27.2. The van der Waals surface area contributed by atoms with E-state index < -0.39 is 51.4 Å². The number of urea groups is 1. The van der Waals surface area contributed by atoms with Crippen LogP contribution in [-0.2, 0) is 28.4 Å². The van der Waals surface area contributed by atoms with Crippen molar-refractivity contribution in [3.05, 3.63) is 10.0 Å². The SMILES string of the molecule is CCCCN(OS(=O)(=O)ON1C(=O)N2C[C@@H]1CC[C@H]2c1nnc([C@H]2C[C@@H](NC(=NC(=O)OC(C)(C)C)NC(=O)OC(C)(C)C)C2)s1)C(CCC)(CCCC)CCCC. The standard InChI is InChI=1S/C39H68N8O9S2/c1-11-15-21-39(20-14-4,22-16-12-2)46(23-17-13-3)55-58(51,52)56-47-29-18-19-30(45(26-29)36(47)50)32-44-43-31(57-32)27-24-28(25-27)40-33(41-34(48)53-37(5,6)7)42-35(49)54-38(8,9)10/h27-30H,11-26H2,1-10H3,(H2,40,41,42,48,49)/t27-,28+,29-,30-/m0/s1. The fourth-order valence-corrected chi connectivity index (χ4v) is 9.62. The Hall–Kier alpha value is -3.13. The average Bonchev–Trinajstić information content (AvgIpc) is 3.67. The number of carbonyl (C=O) groups excluding carboxylic acids is 3. The first-order valence-electron chi connectivity index (χ1n) is 21.1. The van der Waals surface area contributed by atoms with Gasteiger partial charge in [0.25, 0.3) is 0 Å². The van der Waals surface area contributed by atoms with Crippen molar-refractivity contribution in [2.24, 2.45) is 4.99 Å². The molecule has 0 radical (unpaired) electrons. The number of aliphatic imine (C=N–C) groups is 1. The van der Waals surface area contributed by atoms with Crippen LogP contribution in [0.2, 0.25) is 0 Å². The van der Waals surface area contributed by atoms with E-state index in [-0.39, 0.29) is 24.0 Å². The highest BCUT2D eigenvalue weighted by Crippen LogP contribution is 2.44. The number of amides is 4. The molecule has 17 nitrogen and oxygen atoms in total. The van der Waals surface area contributed by atoms with Gasteiger partial charge in [0.1, 0.15) is 21.2 Å². The Balaban J connectivity index is 1.40. The second-order valence-electron chi connectivity index (χ2n) is 17.8. The lowest BCUT2D eigenvalue weighted by atomic mass is 9.81. The monoisotopic (exact) mass is 856 g/mol. The van der Waals surface area contributed by atoms with Crippen LogP contribution >= 0.6 is 11.3 Å². The maximum absolute atomic E-state index is 13.8. The summed E-state index contributed by atoms with van der Waals surface area (Å²) in [7, 11) is -4.64. The summed E-state index contributed by atoms with van der Waals surface area (Å²) in [6.45, 7) is 19.5. The molecule has 3 heterocycles. The van der Waals surface area contributed by atoms with E-state index in [0.29, 0.717) is 43.8 Å². The molecule has 2 bridgehead atoms. The highest BCUT2D eigenvalue weighted by Gasteiger charge is 2.50. The van der Waals surface area contributed by atoms with E-state index in [1.165, 1.54) is 11.3 Å². The summed E-state index contributed by atoms with van der Waals surface area (Å²) in [5.74, 6) is -0.0266. The van der Waals surface area contributed by atoms with E-state index >= 15 is 0 Å². The van der Waals surface area contributed by atoms with Crippen molar-refractivity contribution < 1.29 is 40.8 Å². The molecule has 4 amide bonds. The second-order valence-corrected chi connectivity index (χ2v) is 19.9. The normalized spacial score (nSPS) is 21.6. The third kappa shape index (κ3) is 13.4. The largest absolute Gasteiger partial charge is 0.444 e. The summed E-state index contributed by atoms with van der Waals surface area (Å²) in [6.07, 6.45) is 9.52. The molecule has 1 saturated carbocycles. The molecule has 1 aromatic heterocycles. The van der Waals surface area contributed by atoms with E-state index in [1.807, 2.05) is 0 Å². The van der Waals surface area contributed by atoms with Gasteiger partial charge in [0.2, 0.25) is 5.96 Å². The van der Waals surface area contributed by atoms with Gasteiger partial charge in [0.15, 0.2) is 0 Å². The summed E-state index contributed by atoms with van der Waals surface area (Å²) in [5, 5.41) is 18.7. The number of piperidine rings is 1. The number of unbranched alkanes of at least 4 members (excludes halogenated alkanes) is 3. The molecule has 2 aliphatic heterocycles. The van der Waals surface area contributed by atoms with Crippen LogP contribution in [0.15, 0.2) is 4.99 Å². The van der Waals surface area contributed by atoms with Crippen LogP contribution in [0.5, 0.6) is 0 Å². The van der Waals surface area contributed by atoms with Crippen LogP contribution < -0.4 is 10.6 Å². The molecule has 0 spiro atoms. The van der Waals surface area contributed by atoms with Crippen LogP contribution in [0.3, 0.4) is 0 Å². The quantitative estimate of drug-likeness (QED) is 0.0768. The predicted octanol–water partition coefficient (Wildman–Crippen LogP) is 8.26. The number of alkyl carbamates (subject to hydrolysis) is 1. The topological polar surface area (TPSA) is 194 Å². The van der Waals surface area contributed by atoms with Crippen molar-refractivity contribution in [2.75, 3.05) is 13.1 Å². The lowest BCUT2D eigenvalue weighted by Gasteiger charge is -2.43. The molecule has 3 aliphatic rings. The van der Waals surface area contributed by atoms with Gasteiger partial charge in [-0.15, -0.1) is 19.5 Å². The molecule has 3 fully saturated rings. The maximum Gasteiger partial charge on any atom is 0.437 e. The third-order valence-electron chi connectivity index (χ3n) is 10.4. The number of hydrogen-bond acceptors (Lipinski definition) is 13. The highest BCUT2D eigenvalue weighted by atomic mass is 32.3. The smallest absolute Gasteiger partial charge is 0.437 e. The fraction of sp³-hybridized carbons (Fsp3) is 0.846. The van der Waals surface area contributed by atoms with Crippen LogP contribution in [0, 0.1) is 0 Å². The minimum Gasteiger partial charge on any atom is -0.444 e. The lowest BCUT2D eigenvalue weighted by Crippen LogP contribution is -2.51. The molecule has 2 atom stereocenters. The van der Waals surface area contributed by atoms with Gasteiger partial charge in [0.05, 0.1) is 12.1 Å². The molecule has 2 saturated heterocycles. The predicted molar refractivity (Wildman–Crippen MR) is 221 cm³/mol. The number of nitrogens with one attached hydrogen (secondary N) is 2. The van der Waals surface area contributed by atoms with Crippen molar-refractivity contribution in [3.63, 3.8) is 0 Å². The average molecular weight is 857 g/mol. The number of hydrogen-bond donors (Lipinski definition) is 2. The van der Waals surface area contributed by atoms with Crippen LogP contribution in [0.4, 0.5) is 14.4 Å². The van der Waals surface area contributed by atoms with Gasteiger partial charge in [0, 0.05) is 30.6 Å². The Morgan fingerprint density at radius 3 is 2.09 bits per heavy atom. The van der Waals surface area contributed by atoms with Crippen LogP contribution in [0.1, 0.15) is 181 Å². The van der Waals surface area contributed by atoms with E-state index in [4.69, 9.17) is 18.0 Å². The first kappa shape index (κ1) is 47.5. The minimum atomic E-state index is -4.64. The van der Waals surface area contributed by atoms with Gasteiger partial charge in [-0.3, -0.25) is 5.32 Å². The van der Waals surface area contributed by atoms with E-state index in [1.54, 1.807) is 51.5 Å². The molecular weight excluding hydrogens is 789 g/mol. The number of fused-ring (bicyclic) bond motifs is 2. The van der Waals surface area contributed by atoms with Crippen LogP contribution in [0.25, 0.3) is 0 Å². The summed E-state index contributed by atoms with van der Waals surface area (Å²) < 4.78 is 49.5. The number of rotatable bonds is 19. The van der Waals surface area contributed by atoms with Crippen molar-refractivity contribution in [3.8, 4) is 0 Å². The zero-order valence-corrected chi connectivity index (χ0v) is 37.9. The molecule has 330 valence electrons. The number of hydroxylamine groups is 4. The molecule has 58 heavy (non-hydrogen) atoms. The van der Waals surface area contributed by atoms with E-state index in [9.17, 15) is 22.8 Å². The molecule has 2 N–H and O–H groups in total. The molecule has 19 heteroatoms. The molecule has 0 unspecified atom stereocenters. The second kappa shape index (κ2) is 20.4. The summed E-state index contributed by atoms with van der Waals surface area (Å²) in [4.78, 5) is 44.4. The summed E-state index contributed by atoms with van der Waals surface area (Å²) >= 11 is 1.42. The third-order valence-corrected chi connectivity index (χ3v) is 12.3. The zero-order chi connectivity index (χ0) is 42.9. The van der Waals surface area contributed by atoms with E-state index in [2.05, 4.69) is 53.5 Å². The first-order valence-corrected chi connectivity index (χ1v) is 23.3. The number of aromatic nitrogens is 2. The Labute approximate surface area is 349 Å². The van der Waals surface area contributed by atoms with Crippen molar-refractivity contribution in [1.82, 2.24) is 35.9 Å².